The molecule has 1 saturated carbocycles. The summed E-state index contributed by atoms with van der Waals surface area (Å²) in [6.07, 6.45) is 10.0. The van der Waals surface area contributed by atoms with Crippen LogP contribution in [0.4, 0.5) is 0 Å². The van der Waals surface area contributed by atoms with E-state index in [1.54, 1.807) is 35.5 Å². The molecule has 1 amide bonds. The van der Waals surface area contributed by atoms with Crippen molar-refractivity contribution in [3.63, 3.8) is 0 Å². The number of carbonyl (C=O) groups is 1. The molecule has 8 heteroatoms. The van der Waals surface area contributed by atoms with Crippen LogP contribution in [0.25, 0.3) is 5.69 Å². The number of rotatable bonds is 3. The molecule has 2 aromatic heterocycles. The van der Waals surface area contributed by atoms with E-state index in [-0.39, 0.29) is 11.9 Å². The van der Waals surface area contributed by atoms with Gasteiger partial charge in [0.2, 0.25) is 0 Å². The summed E-state index contributed by atoms with van der Waals surface area (Å²) in [5.41, 5.74) is 1.29. The number of halogens is 1. The van der Waals surface area contributed by atoms with Crippen LogP contribution in [0.3, 0.4) is 0 Å². The maximum Gasteiger partial charge on any atom is 0.255 e. The van der Waals surface area contributed by atoms with Crippen LogP contribution in [0.2, 0.25) is 5.02 Å². The van der Waals surface area contributed by atoms with Crippen molar-refractivity contribution in [1.82, 2.24) is 24.2 Å². The van der Waals surface area contributed by atoms with Gasteiger partial charge in [-0.2, -0.15) is 5.10 Å². The molecule has 2 aliphatic rings. The Morgan fingerprint density at radius 1 is 1.14 bits per heavy atom. The number of nitrogens with zero attached hydrogens (tertiary/aromatic N) is 5. The Kier molecular flexibility index (Phi) is 4.64. The maximum atomic E-state index is 13.3. The summed E-state index contributed by atoms with van der Waals surface area (Å²) < 4.78 is 3.69. The molecule has 1 aliphatic heterocycles. The summed E-state index contributed by atoms with van der Waals surface area (Å²) in [5, 5.41) is 15.3. The maximum absolute atomic E-state index is 13.3. The molecular weight excluding hydrogens is 390 g/mol. The van der Waals surface area contributed by atoms with Gasteiger partial charge < -0.3 is 14.6 Å². The first-order valence-electron chi connectivity index (χ1n) is 9.84. The lowest BCUT2D eigenvalue weighted by molar-refractivity contribution is 0.0357. The fourth-order valence-corrected chi connectivity index (χ4v) is 4.97. The van der Waals surface area contributed by atoms with Crippen LogP contribution < -0.4 is 0 Å². The summed E-state index contributed by atoms with van der Waals surface area (Å²) in [7, 11) is 0. The lowest BCUT2D eigenvalue weighted by Gasteiger charge is -2.35. The quantitative estimate of drug-likeness (QED) is 0.719. The van der Waals surface area contributed by atoms with E-state index >= 15 is 0 Å². The number of aliphatic hydroxyl groups excluding tert-OH is 1. The third-order valence-corrected chi connectivity index (χ3v) is 6.58. The molecule has 2 fully saturated rings. The van der Waals surface area contributed by atoms with Crippen LogP contribution in [-0.4, -0.2) is 54.4 Å². The van der Waals surface area contributed by atoms with E-state index in [0.29, 0.717) is 41.9 Å². The molecule has 5 rings (SSSR count). The zero-order valence-electron chi connectivity index (χ0n) is 15.8. The summed E-state index contributed by atoms with van der Waals surface area (Å²) >= 11 is 6.37. The average molecular weight is 412 g/mol. The Morgan fingerprint density at radius 3 is 2.69 bits per heavy atom. The van der Waals surface area contributed by atoms with Crippen molar-refractivity contribution in [2.24, 2.45) is 11.8 Å². The number of fused-ring (bicyclic) bond motifs is 1. The van der Waals surface area contributed by atoms with Crippen molar-refractivity contribution in [3.05, 3.63) is 66.0 Å². The van der Waals surface area contributed by atoms with Crippen molar-refractivity contribution in [1.29, 1.82) is 0 Å². The Hall–Kier alpha value is -2.64. The third-order valence-electron chi connectivity index (χ3n) is 6.25. The molecule has 0 radical (unpaired) electrons. The first-order chi connectivity index (χ1) is 14.1. The van der Waals surface area contributed by atoms with Crippen LogP contribution in [-0.2, 0) is 0 Å². The molecule has 29 heavy (non-hydrogen) atoms. The molecule has 0 spiro atoms. The van der Waals surface area contributed by atoms with Gasteiger partial charge in [-0.3, -0.25) is 4.79 Å². The van der Waals surface area contributed by atoms with Crippen molar-refractivity contribution in [3.8, 4) is 5.69 Å². The highest BCUT2D eigenvalue weighted by Crippen LogP contribution is 2.41. The molecule has 7 nitrogen and oxygen atoms in total. The molecule has 150 valence electrons. The third kappa shape index (κ3) is 3.34. The van der Waals surface area contributed by atoms with Crippen LogP contribution in [0.5, 0.6) is 0 Å². The molecule has 1 saturated heterocycles. The van der Waals surface area contributed by atoms with Crippen molar-refractivity contribution < 1.29 is 9.90 Å². The lowest BCUT2D eigenvalue weighted by Crippen LogP contribution is -2.35. The average Bonchev–Trinajstić information content (AvgIpc) is 3.47. The van der Waals surface area contributed by atoms with Crippen LogP contribution >= 0.6 is 11.6 Å². The largest absolute Gasteiger partial charge is 0.391 e. The molecule has 0 bridgehead atoms. The smallest absolute Gasteiger partial charge is 0.255 e. The highest BCUT2D eigenvalue weighted by atomic mass is 35.5. The van der Waals surface area contributed by atoms with E-state index in [1.165, 1.54) is 0 Å². The predicted octanol–water partition coefficient (Wildman–Crippen LogP) is 2.81. The summed E-state index contributed by atoms with van der Waals surface area (Å²) in [6, 6.07) is 7.24. The molecule has 3 heterocycles. The Morgan fingerprint density at radius 2 is 1.97 bits per heavy atom. The number of likely N-dealkylation sites (tertiary alicyclic amines) is 1. The van der Waals surface area contributed by atoms with Gasteiger partial charge in [-0.15, -0.1) is 0 Å². The second-order valence-corrected chi connectivity index (χ2v) is 8.37. The van der Waals surface area contributed by atoms with Gasteiger partial charge >= 0.3 is 0 Å². The predicted molar refractivity (Wildman–Crippen MR) is 108 cm³/mol. The minimum Gasteiger partial charge on any atom is -0.391 e. The number of carbonyl (C=O) groups excluding carboxylic acids is 1. The topological polar surface area (TPSA) is 76.2 Å². The lowest BCUT2D eigenvalue weighted by atomic mass is 9.77. The first kappa shape index (κ1) is 18.4. The minimum atomic E-state index is -0.424. The van der Waals surface area contributed by atoms with Gasteiger partial charge in [0.25, 0.3) is 5.91 Å². The highest BCUT2D eigenvalue weighted by molar-refractivity contribution is 6.33. The Labute approximate surface area is 173 Å². The van der Waals surface area contributed by atoms with E-state index < -0.39 is 6.10 Å². The molecule has 3 aromatic rings. The van der Waals surface area contributed by atoms with Crippen molar-refractivity contribution in [2.75, 3.05) is 13.1 Å². The van der Waals surface area contributed by atoms with Gasteiger partial charge in [0, 0.05) is 37.9 Å². The van der Waals surface area contributed by atoms with Crippen molar-refractivity contribution in [2.45, 2.75) is 25.0 Å². The minimum absolute atomic E-state index is 0.0144. The number of aromatic nitrogens is 4. The zero-order valence-corrected chi connectivity index (χ0v) is 16.6. The van der Waals surface area contributed by atoms with Crippen LogP contribution in [0, 0.1) is 11.8 Å². The van der Waals surface area contributed by atoms with E-state index in [0.717, 1.165) is 12.1 Å². The first-order valence-corrected chi connectivity index (χ1v) is 10.2. The Balaban J connectivity index is 1.35. The van der Waals surface area contributed by atoms with Crippen molar-refractivity contribution >= 4 is 17.5 Å². The van der Waals surface area contributed by atoms with Gasteiger partial charge in [-0.25, -0.2) is 9.67 Å². The van der Waals surface area contributed by atoms with E-state index in [9.17, 15) is 9.90 Å². The number of amides is 1. The molecule has 0 unspecified atom stereocenters. The standard InChI is InChI=1S/C21H22ClN5O2/c22-18-3-2-16(27-6-1-4-24-27)10-17(18)21(29)26-11-14-8-19(25-7-5-23-13-25)20(28)9-15(14)12-26/h1-7,10,13-15,19-20,28H,8-9,11-12H2/t14-,15+,19-,20-/m1/s1. The highest BCUT2D eigenvalue weighted by Gasteiger charge is 2.43. The van der Waals surface area contributed by atoms with E-state index in [1.807, 2.05) is 34.0 Å². The second kappa shape index (κ2) is 7.31. The van der Waals surface area contributed by atoms with Gasteiger partial charge in [-0.1, -0.05) is 11.6 Å². The fraction of sp³-hybridized carbons (Fsp3) is 0.381. The van der Waals surface area contributed by atoms with Crippen LogP contribution in [0.1, 0.15) is 29.2 Å². The molecule has 1 aromatic carbocycles. The van der Waals surface area contributed by atoms with E-state index in [4.69, 9.17) is 11.6 Å². The molecule has 4 atom stereocenters. The Bertz CT molecular complexity index is 1000. The number of benzene rings is 1. The monoisotopic (exact) mass is 411 g/mol. The van der Waals surface area contributed by atoms with E-state index in [2.05, 4.69) is 10.1 Å². The molecule has 1 aliphatic carbocycles. The molecule has 1 N–H and O–H groups in total. The number of aliphatic hydroxyl groups is 1. The number of hydrogen-bond donors (Lipinski definition) is 1. The summed E-state index contributed by atoms with van der Waals surface area (Å²) in [5.74, 6) is 0.608. The van der Waals surface area contributed by atoms with Gasteiger partial charge in [-0.05, 0) is 48.9 Å². The fourth-order valence-electron chi connectivity index (χ4n) is 4.77. The molecular formula is C21H22ClN5O2. The van der Waals surface area contributed by atoms with Gasteiger partial charge in [0.15, 0.2) is 0 Å². The zero-order chi connectivity index (χ0) is 20.0. The normalized spacial score (nSPS) is 26.5. The van der Waals surface area contributed by atoms with Gasteiger partial charge in [0.05, 0.1) is 34.7 Å². The summed E-state index contributed by atoms with van der Waals surface area (Å²) in [6.45, 7) is 1.34. The number of imidazole rings is 1. The SMILES string of the molecule is O=C(c1cc(-n2cccn2)ccc1Cl)N1C[C@H]2C[C@@H](n3ccnc3)[C@H](O)C[C@H]2C1. The van der Waals surface area contributed by atoms with Gasteiger partial charge in [0.1, 0.15) is 0 Å². The van der Waals surface area contributed by atoms with Crippen LogP contribution in [0.15, 0.2) is 55.4 Å². The summed E-state index contributed by atoms with van der Waals surface area (Å²) in [4.78, 5) is 19.2. The number of hydrogen-bond acceptors (Lipinski definition) is 4. The second-order valence-electron chi connectivity index (χ2n) is 7.96.